The van der Waals surface area contributed by atoms with Gasteiger partial charge < -0.3 is 0 Å². The Morgan fingerprint density at radius 2 is 0.246 bits per heavy atom. The summed E-state index contributed by atoms with van der Waals surface area (Å²) in [4.78, 5) is 0. The number of hydrogen-bond donors (Lipinski definition) is 0. The van der Waals surface area contributed by atoms with E-state index in [1.54, 1.807) is 0 Å². The Morgan fingerprint density at radius 1 is 0.127 bits per heavy atom. The average molecular weight is 1640 g/mol. The highest BCUT2D eigenvalue weighted by molar-refractivity contribution is 5.65. The Hall–Kier alpha value is -15.7. The SMILES string of the molecule is CCc1ccc(-[n+]2ccc(-c3cc[n+](-c4ccc(C[n+]5ccc(-c6cc[n+](Cc7cc(C[n+]8ccc(-c9cc[n+](Cc%10ccc(-[n+]%11ccc(-c%12cc[n+](-c%13ccc(CC)cc%13)cc%12)cc%11)cc%10)cc9)cc8)cc(C[n+]8ccc(-c9cc[n+](Cc%10ccc(-[n+]%11ccc(-c%12cc[n+](-c%13ccc(CC)cc%13)cc%12)cc%11)cc%10)cc9)cc8)c7)cc6)cc5)cc4)cc3)cc2)cc1. The Bertz CT molecular complexity index is 6180. The van der Waals surface area contributed by atoms with E-state index in [1.807, 2.05) is 0 Å². The van der Waals surface area contributed by atoms with Crippen molar-refractivity contribution in [1.29, 1.82) is 0 Å². The quantitative estimate of drug-likeness (QED) is 0.0461. The van der Waals surface area contributed by atoms with E-state index in [-0.39, 0.29) is 0 Å². The summed E-state index contributed by atoms with van der Waals surface area (Å²) in [5.41, 5.74) is 32.5. The van der Waals surface area contributed by atoms with Crippen molar-refractivity contribution in [2.45, 2.75) is 79.3 Å². The molecule has 0 fully saturated rings. The van der Waals surface area contributed by atoms with Crippen LogP contribution in [0.5, 0.6) is 0 Å². The van der Waals surface area contributed by atoms with E-state index in [2.05, 4.69) is 534 Å². The lowest BCUT2D eigenvalue weighted by molar-refractivity contribution is -0.690. The van der Waals surface area contributed by atoms with Crippen LogP contribution in [-0.4, -0.2) is 0 Å². The van der Waals surface area contributed by atoms with Crippen LogP contribution in [0.15, 0.2) is 458 Å². The molecule has 0 spiro atoms. The zero-order valence-corrected chi connectivity index (χ0v) is 71.5. The van der Waals surface area contributed by atoms with Crippen LogP contribution in [0.25, 0.3) is 101 Å². The van der Waals surface area contributed by atoms with Gasteiger partial charge in [0.05, 0.1) is 0 Å². The van der Waals surface area contributed by atoms with Crippen molar-refractivity contribution in [3.8, 4) is 101 Å². The monoisotopic (exact) mass is 1640 g/mol. The summed E-state index contributed by atoms with van der Waals surface area (Å²) in [5, 5.41) is 0. The highest BCUT2D eigenvalue weighted by Gasteiger charge is 2.21. The van der Waals surface area contributed by atoms with Crippen molar-refractivity contribution >= 4 is 0 Å². The molecule has 12 heterocycles. The summed E-state index contributed by atoms with van der Waals surface area (Å²) >= 11 is 0. The molecular formula is C114H102N12+12. The molecule has 12 aromatic heterocycles. The van der Waals surface area contributed by atoms with Crippen molar-refractivity contribution in [2.75, 3.05) is 0 Å². The fraction of sp³-hybridized carbons (Fsp3) is 0.105. The van der Waals surface area contributed by atoms with Gasteiger partial charge >= 0.3 is 0 Å². The predicted molar refractivity (Wildman–Crippen MR) is 491 cm³/mol. The van der Waals surface area contributed by atoms with Gasteiger partial charge in [0.25, 0.3) is 0 Å². The van der Waals surface area contributed by atoms with E-state index in [0.29, 0.717) is 0 Å². The third-order valence-electron chi connectivity index (χ3n) is 24.3. The second kappa shape index (κ2) is 37.4. The number of benzene rings is 7. The molecule has 0 radical (unpaired) electrons. The van der Waals surface area contributed by atoms with Crippen LogP contribution in [0.2, 0.25) is 0 Å². The molecule has 126 heavy (non-hydrogen) atoms. The Labute approximate surface area is 738 Å². The van der Waals surface area contributed by atoms with Gasteiger partial charge in [-0.1, -0.05) is 57.2 Å². The third-order valence-corrected chi connectivity index (χ3v) is 24.3. The highest BCUT2D eigenvalue weighted by Crippen LogP contribution is 2.25. The minimum atomic E-state index is 0.729. The summed E-state index contributed by atoms with van der Waals surface area (Å²) in [7, 11) is 0. The molecule has 0 atom stereocenters. The minimum absolute atomic E-state index is 0.729. The number of aryl methyl sites for hydroxylation is 3. The average Bonchev–Trinajstić information content (AvgIpc) is 0.833. The molecule has 0 aliphatic carbocycles. The van der Waals surface area contributed by atoms with Crippen molar-refractivity contribution < 1.29 is 54.8 Å². The first-order valence-corrected chi connectivity index (χ1v) is 43.8. The Morgan fingerprint density at radius 3 is 0.381 bits per heavy atom. The van der Waals surface area contributed by atoms with Gasteiger partial charge in [-0.3, -0.25) is 0 Å². The second-order valence-electron chi connectivity index (χ2n) is 32.7. The molecule has 0 saturated carbocycles. The normalized spacial score (nSPS) is 11.3. The summed E-state index contributed by atoms with van der Waals surface area (Å²) in [6, 6.07) is 113. The smallest absolute Gasteiger partial charge is 0.201 e. The summed E-state index contributed by atoms with van der Waals surface area (Å²) in [6.45, 7) is 11.1. The molecule has 0 aliphatic rings. The van der Waals surface area contributed by atoms with E-state index in [1.165, 1.54) is 117 Å². The lowest BCUT2D eigenvalue weighted by atomic mass is 10.0. The van der Waals surface area contributed by atoms with Crippen LogP contribution in [0.3, 0.4) is 0 Å². The van der Waals surface area contributed by atoms with Crippen LogP contribution < -0.4 is 54.8 Å². The second-order valence-corrected chi connectivity index (χ2v) is 32.7. The maximum Gasteiger partial charge on any atom is 0.210 e. The van der Waals surface area contributed by atoms with Crippen LogP contribution >= 0.6 is 0 Å². The van der Waals surface area contributed by atoms with Gasteiger partial charge in [0.1, 0.15) is 0 Å². The fourth-order valence-electron chi connectivity index (χ4n) is 16.7. The molecule has 12 heteroatoms. The maximum absolute atomic E-state index is 2.38. The van der Waals surface area contributed by atoms with E-state index < -0.39 is 0 Å². The topological polar surface area (TPSA) is 46.6 Å². The number of pyridine rings is 12. The fourth-order valence-corrected chi connectivity index (χ4v) is 16.7. The van der Waals surface area contributed by atoms with Crippen molar-refractivity contribution in [3.63, 3.8) is 0 Å². The molecule has 19 aromatic rings. The number of hydrogen-bond acceptors (Lipinski definition) is 0. The number of aromatic nitrogens is 12. The lowest BCUT2D eigenvalue weighted by Crippen LogP contribution is -2.36. The molecule has 0 aliphatic heterocycles. The Balaban J connectivity index is 0.493. The molecule has 0 amide bonds. The molecule has 0 saturated heterocycles. The highest BCUT2D eigenvalue weighted by atomic mass is 15.0. The van der Waals surface area contributed by atoms with Crippen LogP contribution in [-0.2, 0) is 58.5 Å². The van der Waals surface area contributed by atoms with Gasteiger partial charge in [-0.2, -0.15) is 27.4 Å². The molecule has 12 nitrogen and oxygen atoms in total. The zero-order chi connectivity index (χ0) is 84.9. The first-order valence-electron chi connectivity index (χ1n) is 43.8. The molecule has 19 rings (SSSR count). The van der Waals surface area contributed by atoms with Crippen molar-refractivity contribution in [2.24, 2.45) is 0 Å². The number of rotatable bonds is 27. The molecule has 0 bridgehead atoms. The molecule has 0 N–H and O–H groups in total. The van der Waals surface area contributed by atoms with Crippen molar-refractivity contribution in [3.05, 3.63) is 508 Å². The maximum atomic E-state index is 2.38. The van der Waals surface area contributed by atoms with Gasteiger partial charge in [0, 0.05) is 252 Å². The standard InChI is InChI=1S/C114H102N12/c1-4-88-7-19-109(20-8-88)121-67-43-103(44-68-121)106-49-73-124(74-50-106)112-25-13-91(14-26-112)82-115-55-31-97(32-56-115)100-37-61-118(62-38-100)85-94-79-95(86-119-63-39-101(40-64-119)98-33-57-116(58-34-98)83-92-15-27-113(28-16-92)125-75-51-107(52-76-125)104-45-69-122(70-46-104)110-21-9-89(5-2)10-22-110)81-96(80-94)87-120-65-41-102(42-66-120)99-35-59-117(60-36-99)84-93-17-29-114(30-18-93)126-77-53-108(54-78-126)105-47-71-123(72-48-105)111-23-11-90(6-3)12-24-111/h7-81H,4-6,82-87H2,1-3H3/q+12. The van der Waals surface area contributed by atoms with Crippen LogP contribution in [0.1, 0.15) is 70.8 Å². The molecule has 0 unspecified atom stereocenters. The van der Waals surface area contributed by atoms with E-state index in [0.717, 1.165) is 92.7 Å². The predicted octanol–water partition coefficient (Wildman–Crippen LogP) is 17.1. The summed E-state index contributed by atoms with van der Waals surface area (Å²) in [6.07, 6.45) is 55.2. The van der Waals surface area contributed by atoms with Gasteiger partial charge in [-0.05, 0) is 157 Å². The molecular weight excluding hydrogens is 1540 g/mol. The first-order chi connectivity index (χ1) is 62.1. The zero-order valence-electron chi connectivity index (χ0n) is 71.5. The molecule has 7 aromatic carbocycles. The largest absolute Gasteiger partial charge is 0.210 e. The van der Waals surface area contributed by atoms with E-state index in [9.17, 15) is 0 Å². The van der Waals surface area contributed by atoms with Crippen molar-refractivity contribution in [1.82, 2.24) is 0 Å². The van der Waals surface area contributed by atoms with Gasteiger partial charge in [-0.25, -0.2) is 27.4 Å². The van der Waals surface area contributed by atoms with Gasteiger partial charge in [-0.15, -0.1) is 0 Å². The minimum Gasteiger partial charge on any atom is -0.201 e. The van der Waals surface area contributed by atoms with Crippen LogP contribution in [0, 0.1) is 0 Å². The van der Waals surface area contributed by atoms with Gasteiger partial charge in [0.15, 0.2) is 188 Å². The third kappa shape index (κ3) is 19.3. The summed E-state index contributed by atoms with van der Waals surface area (Å²) in [5.74, 6) is 0. The van der Waals surface area contributed by atoms with E-state index >= 15 is 0 Å². The molecule has 606 valence electrons. The lowest BCUT2D eigenvalue weighted by Gasteiger charge is -2.08. The van der Waals surface area contributed by atoms with Crippen LogP contribution in [0.4, 0.5) is 0 Å². The van der Waals surface area contributed by atoms with E-state index in [4.69, 9.17) is 0 Å². The summed E-state index contributed by atoms with van der Waals surface area (Å²) < 4.78 is 26.6. The number of nitrogens with zero attached hydrogens (tertiary/aromatic N) is 12. The Kier molecular flexibility index (Phi) is 23.7. The van der Waals surface area contributed by atoms with Gasteiger partial charge in [0.2, 0.25) is 34.1 Å². The first kappa shape index (κ1) is 80.1.